The van der Waals surface area contributed by atoms with Crippen molar-refractivity contribution >= 4 is 23.6 Å². The molecule has 2 aromatic rings. The Balaban J connectivity index is 1.67. The molecule has 0 saturated carbocycles. The third kappa shape index (κ3) is 3.14. The fourth-order valence-corrected chi connectivity index (χ4v) is 3.49. The molecule has 22 heavy (non-hydrogen) atoms. The van der Waals surface area contributed by atoms with Gasteiger partial charge in [0.05, 0.1) is 10.8 Å². The molecule has 0 radical (unpaired) electrons. The minimum Gasteiger partial charge on any atom is -0.457 e. The molecule has 0 bridgehead atoms. The van der Waals surface area contributed by atoms with Crippen molar-refractivity contribution in [1.82, 2.24) is 0 Å². The van der Waals surface area contributed by atoms with Gasteiger partial charge in [-0.1, -0.05) is 30.3 Å². The Bertz CT molecular complexity index is 716. The number of esters is 1. The van der Waals surface area contributed by atoms with Gasteiger partial charge in [-0.3, -0.25) is 5.41 Å². The van der Waals surface area contributed by atoms with Gasteiger partial charge in [-0.05, 0) is 35.7 Å². The Labute approximate surface area is 133 Å². The summed E-state index contributed by atoms with van der Waals surface area (Å²) in [7, 11) is 0. The smallest absolute Gasteiger partial charge is 0.338 e. The summed E-state index contributed by atoms with van der Waals surface area (Å²) in [5, 5.41) is 7.51. The van der Waals surface area contributed by atoms with Gasteiger partial charge >= 0.3 is 5.97 Å². The number of thioether (sulfide) groups is 1. The lowest BCUT2D eigenvalue weighted by Crippen LogP contribution is -2.24. The van der Waals surface area contributed by atoms with Crippen LogP contribution in [0, 0.1) is 5.41 Å². The summed E-state index contributed by atoms with van der Waals surface area (Å²) in [5.41, 5.74) is 8.12. The quantitative estimate of drug-likeness (QED) is 0.517. The number of carbonyl (C=O) groups is 1. The zero-order valence-electron chi connectivity index (χ0n) is 11.9. The minimum absolute atomic E-state index is 0.0226. The van der Waals surface area contributed by atoms with Gasteiger partial charge in [0.15, 0.2) is 0 Å². The molecule has 0 aliphatic carbocycles. The van der Waals surface area contributed by atoms with Gasteiger partial charge in [-0.2, -0.15) is 0 Å². The summed E-state index contributed by atoms with van der Waals surface area (Å²) in [6.07, 6.45) is 0.690. The molecule has 1 aliphatic heterocycles. The molecule has 4 nitrogen and oxygen atoms in total. The van der Waals surface area contributed by atoms with Crippen molar-refractivity contribution < 1.29 is 9.53 Å². The maximum absolute atomic E-state index is 12.1. The van der Waals surface area contributed by atoms with Gasteiger partial charge in [-0.15, -0.1) is 11.8 Å². The van der Waals surface area contributed by atoms with E-state index in [-0.39, 0.29) is 23.7 Å². The SMILES string of the molecule is N=C(N)C1Cc2cc(C(=O)OCc3ccccc3)ccc2S1. The van der Waals surface area contributed by atoms with Crippen molar-refractivity contribution in [1.29, 1.82) is 5.41 Å². The molecule has 3 rings (SSSR count). The number of rotatable bonds is 4. The molecule has 5 heteroatoms. The van der Waals surface area contributed by atoms with Crippen LogP contribution in [-0.2, 0) is 17.8 Å². The summed E-state index contributed by atoms with van der Waals surface area (Å²) < 4.78 is 5.34. The second-order valence-corrected chi connectivity index (χ2v) is 6.39. The van der Waals surface area contributed by atoms with E-state index < -0.39 is 0 Å². The zero-order chi connectivity index (χ0) is 15.5. The summed E-state index contributed by atoms with van der Waals surface area (Å²) in [6, 6.07) is 15.1. The highest BCUT2D eigenvalue weighted by atomic mass is 32.2. The van der Waals surface area contributed by atoms with Gasteiger partial charge < -0.3 is 10.5 Å². The summed E-state index contributed by atoms with van der Waals surface area (Å²) in [6.45, 7) is 0.265. The molecule has 0 spiro atoms. The van der Waals surface area contributed by atoms with Crippen LogP contribution in [0.5, 0.6) is 0 Å². The highest BCUT2D eigenvalue weighted by molar-refractivity contribution is 8.01. The standard InChI is InChI=1S/C17H16N2O2S/c18-16(19)15-9-13-8-12(6-7-14(13)22-15)17(20)21-10-11-4-2-1-3-5-11/h1-8,15H,9-10H2,(H3,18,19). The van der Waals surface area contributed by atoms with Crippen LogP contribution in [0.15, 0.2) is 53.4 Å². The first-order valence-electron chi connectivity index (χ1n) is 6.98. The Morgan fingerprint density at radius 1 is 1.27 bits per heavy atom. The van der Waals surface area contributed by atoms with E-state index in [9.17, 15) is 4.79 Å². The van der Waals surface area contributed by atoms with Gasteiger partial charge in [-0.25, -0.2) is 4.79 Å². The molecule has 0 aromatic heterocycles. The highest BCUT2D eigenvalue weighted by Gasteiger charge is 2.25. The Kier molecular flexibility index (Phi) is 4.15. The molecule has 1 atom stereocenters. The lowest BCUT2D eigenvalue weighted by atomic mass is 10.1. The van der Waals surface area contributed by atoms with Crippen LogP contribution in [0.2, 0.25) is 0 Å². The Morgan fingerprint density at radius 2 is 2.05 bits per heavy atom. The number of benzene rings is 2. The van der Waals surface area contributed by atoms with E-state index in [0.29, 0.717) is 12.0 Å². The minimum atomic E-state index is -0.331. The topological polar surface area (TPSA) is 76.2 Å². The van der Waals surface area contributed by atoms with E-state index in [1.807, 2.05) is 42.5 Å². The summed E-state index contributed by atoms with van der Waals surface area (Å²) in [5.74, 6) is -0.155. The Morgan fingerprint density at radius 3 is 2.77 bits per heavy atom. The van der Waals surface area contributed by atoms with Crippen LogP contribution in [0.25, 0.3) is 0 Å². The molecule has 2 aromatic carbocycles. The van der Waals surface area contributed by atoms with E-state index in [2.05, 4.69) is 0 Å². The van der Waals surface area contributed by atoms with E-state index in [0.717, 1.165) is 16.0 Å². The van der Waals surface area contributed by atoms with Crippen LogP contribution < -0.4 is 5.73 Å². The average Bonchev–Trinajstić information content (AvgIpc) is 2.97. The molecular weight excluding hydrogens is 296 g/mol. The van der Waals surface area contributed by atoms with Crippen LogP contribution in [-0.4, -0.2) is 17.1 Å². The molecule has 0 saturated heterocycles. The fraction of sp³-hybridized carbons (Fsp3) is 0.176. The normalized spacial score (nSPS) is 16.1. The highest BCUT2D eigenvalue weighted by Crippen LogP contribution is 2.37. The van der Waals surface area contributed by atoms with Crippen LogP contribution in [0.4, 0.5) is 0 Å². The van der Waals surface area contributed by atoms with Gasteiger partial charge in [0, 0.05) is 4.90 Å². The maximum atomic E-state index is 12.1. The molecular formula is C17H16N2O2S. The van der Waals surface area contributed by atoms with Gasteiger partial charge in [0.2, 0.25) is 0 Å². The number of hydrogen-bond donors (Lipinski definition) is 2. The molecule has 3 N–H and O–H groups in total. The van der Waals surface area contributed by atoms with Crippen molar-refractivity contribution in [2.45, 2.75) is 23.2 Å². The first-order chi connectivity index (χ1) is 10.6. The van der Waals surface area contributed by atoms with Crippen LogP contribution in [0.3, 0.4) is 0 Å². The number of nitrogens with two attached hydrogens (primary N) is 1. The zero-order valence-corrected chi connectivity index (χ0v) is 12.7. The molecule has 1 heterocycles. The van der Waals surface area contributed by atoms with E-state index in [4.69, 9.17) is 15.9 Å². The fourth-order valence-electron chi connectivity index (χ4n) is 2.36. The van der Waals surface area contributed by atoms with Gasteiger partial charge in [0.1, 0.15) is 12.4 Å². The monoisotopic (exact) mass is 312 g/mol. The first kappa shape index (κ1) is 14.7. The lowest BCUT2D eigenvalue weighted by molar-refractivity contribution is 0.0472. The van der Waals surface area contributed by atoms with Crippen LogP contribution in [0.1, 0.15) is 21.5 Å². The lowest BCUT2D eigenvalue weighted by Gasteiger charge is -2.06. The molecule has 112 valence electrons. The average molecular weight is 312 g/mol. The third-order valence-corrected chi connectivity index (χ3v) is 4.89. The number of ether oxygens (including phenoxy) is 1. The predicted molar refractivity (Wildman–Crippen MR) is 87.3 cm³/mol. The molecule has 1 unspecified atom stereocenters. The number of hydrogen-bond acceptors (Lipinski definition) is 4. The largest absolute Gasteiger partial charge is 0.457 e. The number of fused-ring (bicyclic) bond motifs is 1. The van der Waals surface area contributed by atoms with Crippen molar-refractivity contribution in [2.75, 3.05) is 0 Å². The molecule has 0 fully saturated rings. The van der Waals surface area contributed by atoms with Crippen molar-refractivity contribution in [3.8, 4) is 0 Å². The second-order valence-electron chi connectivity index (χ2n) is 5.15. The maximum Gasteiger partial charge on any atom is 0.338 e. The number of carbonyl (C=O) groups excluding carboxylic acids is 1. The van der Waals surface area contributed by atoms with Crippen LogP contribution >= 0.6 is 11.8 Å². The van der Waals surface area contributed by atoms with Gasteiger partial charge in [0.25, 0.3) is 0 Å². The second kappa shape index (κ2) is 6.23. The van der Waals surface area contributed by atoms with Crippen molar-refractivity contribution in [3.05, 3.63) is 65.2 Å². The number of nitrogens with one attached hydrogen (secondary N) is 1. The molecule has 1 aliphatic rings. The van der Waals surface area contributed by atoms with Crippen molar-refractivity contribution in [2.24, 2.45) is 5.73 Å². The predicted octanol–water partition coefficient (Wildman–Crippen LogP) is 3.00. The van der Waals surface area contributed by atoms with E-state index in [1.54, 1.807) is 17.8 Å². The van der Waals surface area contributed by atoms with E-state index in [1.165, 1.54) is 0 Å². The summed E-state index contributed by atoms with van der Waals surface area (Å²) >= 11 is 1.57. The summed E-state index contributed by atoms with van der Waals surface area (Å²) in [4.78, 5) is 13.2. The third-order valence-electron chi connectivity index (χ3n) is 3.53. The Hall–Kier alpha value is -2.27. The molecule has 0 amide bonds. The first-order valence-corrected chi connectivity index (χ1v) is 7.86. The number of amidine groups is 1. The van der Waals surface area contributed by atoms with E-state index >= 15 is 0 Å². The van der Waals surface area contributed by atoms with Crippen molar-refractivity contribution in [3.63, 3.8) is 0 Å².